The average molecular weight is 469 g/mol. The van der Waals surface area contributed by atoms with Crippen molar-refractivity contribution < 1.29 is 23.5 Å². The number of amides is 1. The number of aromatic carboxylic acids is 1. The fourth-order valence-electron chi connectivity index (χ4n) is 4.31. The van der Waals surface area contributed by atoms with Crippen LogP contribution in [0.1, 0.15) is 47.7 Å². The number of nitrogens with one attached hydrogen (secondary N) is 2. The van der Waals surface area contributed by atoms with E-state index in [1.165, 1.54) is 24.5 Å². The van der Waals surface area contributed by atoms with E-state index in [0.29, 0.717) is 48.3 Å². The summed E-state index contributed by atoms with van der Waals surface area (Å²) in [6.07, 6.45) is 6.19. The standard InChI is InChI=1S/C25H26F2N4O3/c1-2-3-22(29-18-7-4-16-10-17(26)11-21(27)20(16)12-18)24(32)30-23-13-31(14-28-23)19-8-5-15(6-9-19)25(33)34/h5-6,8-11,13-14,18,22,29H,2-4,7,12H2,1H3,(H,30,32)(H,33,34). The van der Waals surface area contributed by atoms with E-state index in [1.807, 2.05) is 6.92 Å². The third-order valence-electron chi connectivity index (χ3n) is 6.04. The summed E-state index contributed by atoms with van der Waals surface area (Å²) in [5.41, 5.74) is 2.09. The van der Waals surface area contributed by atoms with E-state index in [1.54, 1.807) is 22.9 Å². The first-order chi connectivity index (χ1) is 16.3. The van der Waals surface area contributed by atoms with Crippen LogP contribution in [0.4, 0.5) is 14.6 Å². The summed E-state index contributed by atoms with van der Waals surface area (Å²) in [5, 5.41) is 15.2. The molecule has 2 aromatic carbocycles. The van der Waals surface area contributed by atoms with E-state index >= 15 is 0 Å². The zero-order valence-electron chi connectivity index (χ0n) is 18.7. The number of aryl methyl sites for hydroxylation is 1. The Kier molecular flexibility index (Phi) is 7.02. The number of carboxylic acids is 1. The van der Waals surface area contributed by atoms with Gasteiger partial charge in [-0.15, -0.1) is 0 Å². The molecule has 1 heterocycles. The van der Waals surface area contributed by atoms with Gasteiger partial charge in [0.1, 0.15) is 18.0 Å². The molecule has 0 radical (unpaired) electrons. The van der Waals surface area contributed by atoms with Crippen LogP contribution in [0.25, 0.3) is 5.69 Å². The van der Waals surface area contributed by atoms with Crippen molar-refractivity contribution in [2.24, 2.45) is 0 Å². The number of imidazole rings is 1. The number of hydrogen-bond donors (Lipinski definition) is 3. The highest BCUT2D eigenvalue weighted by Gasteiger charge is 2.27. The molecule has 9 heteroatoms. The molecule has 4 rings (SSSR count). The summed E-state index contributed by atoms with van der Waals surface area (Å²) in [6, 6.07) is 8.01. The Bertz CT molecular complexity index is 1190. The fraction of sp³-hybridized carbons (Fsp3) is 0.320. The Morgan fingerprint density at radius 3 is 2.71 bits per heavy atom. The monoisotopic (exact) mass is 468 g/mol. The average Bonchev–Trinajstić information content (AvgIpc) is 3.27. The lowest BCUT2D eigenvalue weighted by Crippen LogP contribution is -2.48. The number of fused-ring (bicyclic) bond motifs is 1. The molecule has 0 fully saturated rings. The predicted molar refractivity (Wildman–Crippen MR) is 123 cm³/mol. The number of hydrogen-bond acceptors (Lipinski definition) is 4. The number of carboxylic acid groups (broad SMARTS) is 1. The van der Waals surface area contributed by atoms with Gasteiger partial charge in [0.15, 0.2) is 5.82 Å². The van der Waals surface area contributed by atoms with E-state index in [-0.39, 0.29) is 17.5 Å². The minimum Gasteiger partial charge on any atom is -0.478 e. The maximum absolute atomic E-state index is 14.3. The van der Waals surface area contributed by atoms with Crippen molar-refractivity contribution in [2.75, 3.05) is 5.32 Å². The van der Waals surface area contributed by atoms with Gasteiger partial charge < -0.3 is 20.3 Å². The molecular formula is C25H26F2N4O3. The molecule has 1 amide bonds. The van der Waals surface area contributed by atoms with Crippen molar-refractivity contribution in [3.63, 3.8) is 0 Å². The molecule has 1 aromatic heterocycles. The summed E-state index contributed by atoms with van der Waals surface area (Å²) >= 11 is 0. The highest BCUT2D eigenvalue weighted by molar-refractivity contribution is 5.94. The number of benzene rings is 2. The molecule has 34 heavy (non-hydrogen) atoms. The molecule has 3 aromatic rings. The topological polar surface area (TPSA) is 96.2 Å². The van der Waals surface area contributed by atoms with Crippen molar-refractivity contribution in [2.45, 2.75) is 51.1 Å². The highest BCUT2D eigenvalue weighted by atomic mass is 19.1. The van der Waals surface area contributed by atoms with Crippen molar-refractivity contribution in [1.29, 1.82) is 0 Å². The normalized spacial score (nSPS) is 16.0. The van der Waals surface area contributed by atoms with Crippen LogP contribution in [0, 0.1) is 11.6 Å². The van der Waals surface area contributed by atoms with Crippen LogP contribution in [-0.2, 0) is 17.6 Å². The van der Waals surface area contributed by atoms with Crippen molar-refractivity contribution in [3.05, 3.63) is 77.2 Å². The molecule has 1 aliphatic rings. The molecule has 0 bridgehead atoms. The summed E-state index contributed by atoms with van der Waals surface area (Å²) in [5.74, 6) is -1.98. The van der Waals surface area contributed by atoms with Gasteiger partial charge in [-0.2, -0.15) is 0 Å². The number of carbonyl (C=O) groups is 2. The number of carbonyl (C=O) groups excluding carboxylic acids is 1. The van der Waals surface area contributed by atoms with Crippen molar-refractivity contribution >= 4 is 17.7 Å². The zero-order chi connectivity index (χ0) is 24.2. The third-order valence-corrected chi connectivity index (χ3v) is 6.04. The van der Waals surface area contributed by atoms with Crippen LogP contribution in [-0.4, -0.2) is 38.6 Å². The molecule has 0 saturated carbocycles. The Morgan fingerprint density at radius 2 is 2.00 bits per heavy atom. The molecule has 2 unspecified atom stereocenters. The number of aromatic nitrogens is 2. The SMILES string of the molecule is CCCC(NC1CCc2cc(F)cc(F)c2C1)C(=O)Nc1cn(-c2ccc(C(=O)O)cc2)cn1. The predicted octanol–water partition coefficient (Wildman–Crippen LogP) is 4.10. The number of rotatable bonds is 8. The summed E-state index contributed by atoms with van der Waals surface area (Å²) in [4.78, 5) is 28.2. The van der Waals surface area contributed by atoms with Gasteiger partial charge in [-0.3, -0.25) is 4.79 Å². The minimum absolute atomic E-state index is 0.0972. The maximum Gasteiger partial charge on any atom is 0.335 e. The minimum atomic E-state index is -1.00. The second-order valence-corrected chi connectivity index (χ2v) is 8.48. The van der Waals surface area contributed by atoms with Crippen LogP contribution in [0.2, 0.25) is 0 Å². The Balaban J connectivity index is 1.41. The Hall–Kier alpha value is -3.59. The van der Waals surface area contributed by atoms with E-state index in [9.17, 15) is 18.4 Å². The number of nitrogens with zero attached hydrogens (tertiary/aromatic N) is 2. The van der Waals surface area contributed by atoms with Gasteiger partial charge in [0.25, 0.3) is 0 Å². The molecule has 7 nitrogen and oxygen atoms in total. The van der Waals surface area contributed by atoms with Crippen LogP contribution in [0.15, 0.2) is 48.9 Å². The largest absolute Gasteiger partial charge is 0.478 e. The van der Waals surface area contributed by atoms with Gasteiger partial charge in [0, 0.05) is 17.8 Å². The fourth-order valence-corrected chi connectivity index (χ4v) is 4.31. The molecule has 178 valence electrons. The smallest absolute Gasteiger partial charge is 0.335 e. The molecule has 0 spiro atoms. The van der Waals surface area contributed by atoms with E-state index in [2.05, 4.69) is 15.6 Å². The lowest BCUT2D eigenvalue weighted by Gasteiger charge is -2.29. The van der Waals surface area contributed by atoms with Gasteiger partial charge >= 0.3 is 5.97 Å². The van der Waals surface area contributed by atoms with Crippen molar-refractivity contribution in [1.82, 2.24) is 14.9 Å². The lowest BCUT2D eigenvalue weighted by molar-refractivity contribution is -0.118. The lowest BCUT2D eigenvalue weighted by atomic mass is 9.87. The number of halogens is 2. The Labute approximate surface area is 195 Å². The second kappa shape index (κ2) is 10.1. The molecular weight excluding hydrogens is 442 g/mol. The first-order valence-electron chi connectivity index (χ1n) is 11.3. The molecule has 1 aliphatic carbocycles. The van der Waals surface area contributed by atoms with Crippen LogP contribution >= 0.6 is 0 Å². The van der Waals surface area contributed by atoms with E-state index in [0.717, 1.165) is 12.5 Å². The van der Waals surface area contributed by atoms with Crippen LogP contribution in [0.5, 0.6) is 0 Å². The molecule has 2 atom stereocenters. The van der Waals surface area contributed by atoms with Gasteiger partial charge in [-0.1, -0.05) is 13.3 Å². The number of anilines is 1. The Morgan fingerprint density at radius 1 is 1.24 bits per heavy atom. The van der Waals surface area contributed by atoms with E-state index in [4.69, 9.17) is 5.11 Å². The molecule has 3 N–H and O–H groups in total. The second-order valence-electron chi connectivity index (χ2n) is 8.48. The van der Waals surface area contributed by atoms with Gasteiger partial charge in [-0.05, 0) is 67.1 Å². The first-order valence-corrected chi connectivity index (χ1v) is 11.3. The highest BCUT2D eigenvalue weighted by Crippen LogP contribution is 2.26. The van der Waals surface area contributed by atoms with Crippen LogP contribution < -0.4 is 10.6 Å². The zero-order valence-corrected chi connectivity index (χ0v) is 18.7. The van der Waals surface area contributed by atoms with Gasteiger partial charge in [-0.25, -0.2) is 18.6 Å². The van der Waals surface area contributed by atoms with Crippen molar-refractivity contribution in [3.8, 4) is 5.69 Å². The van der Waals surface area contributed by atoms with E-state index < -0.39 is 23.6 Å². The van der Waals surface area contributed by atoms with Gasteiger partial charge in [0.2, 0.25) is 5.91 Å². The summed E-state index contributed by atoms with van der Waals surface area (Å²) in [7, 11) is 0. The molecule has 0 saturated heterocycles. The quantitative estimate of drug-likeness (QED) is 0.463. The summed E-state index contributed by atoms with van der Waals surface area (Å²) < 4.78 is 29.4. The summed E-state index contributed by atoms with van der Waals surface area (Å²) in [6.45, 7) is 1.98. The van der Waals surface area contributed by atoms with Gasteiger partial charge in [0.05, 0.1) is 17.8 Å². The first kappa shape index (κ1) is 23.6. The molecule has 0 aliphatic heterocycles. The maximum atomic E-state index is 14.3. The third kappa shape index (κ3) is 5.31. The van der Waals surface area contributed by atoms with Crippen LogP contribution in [0.3, 0.4) is 0 Å².